The van der Waals surface area contributed by atoms with Gasteiger partial charge in [0.15, 0.2) is 0 Å². The molecule has 0 aliphatic carbocycles. The van der Waals surface area contributed by atoms with Gasteiger partial charge in [-0.25, -0.2) is 0 Å². The van der Waals surface area contributed by atoms with Crippen molar-refractivity contribution in [2.75, 3.05) is 30.8 Å². The van der Waals surface area contributed by atoms with Gasteiger partial charge in [0.1, 0.15) is 12.2 Å². The highest BCUT2D eigenvalue weighted by atomic mass is 16.6. The number of rotatable bonds is 5. The third-order valence-electron chi connectivity index (χ3n) is 2.50. The molecule has 0 radical (unpaired) electrons. The van der Waals surface area contributed by atoms with E-state index in [1.807, 2.05) is 6.92 Å². The minimum Gasteiger partial charge on any atom is -0.468 e. The standard InChI is InChI=1S/C11H15N3O4/c1-3-13(7-11(15)18-2)8-4-5-10(14(16)17)9(12)6-8/h4-6H,3,7,12H2,1-2H3. The van der Waals surface area contributed by atoms with E-state index in [0.717, 1.165) is 0 Å². The molecule has 7 heteroatoms. The minimum atomic E-state index is -0.546. The van der Waals surface area contributed by atoms with Crippen LogP contribution in [-0.4, -0.2) is 31.1 Å². The molecule has 18 heavy (non-hydrogen) atoms. The summed E-state index contributed by atoms with van der Waals surface area (Å²) in [5.74, 6) is -0.381. The van der Waals surface area contributed by atoms with E-state index in [-0.39, 0.29) is 23.9 Å². The van der Waals surface area contributed by atoms with E-state index < -0.39 is 4.92 Å². The van der Waals surface area contributed by atoms with Crippen LogP contribution in [-0.2, 0) is 9.53 Å². The molecule has 0 aromatic heterocycles. The van der Waals surface area contributed by atoms with Crippen LogP contribution in [0.25, 0.3) is 0 Å². The number of benzene rings is 1. The molecule has 0 saturated carbocycles. The summed E-state index contributed by atoms with van der Waals surface area (Å²) in [5.41, 5.74) is 6.16. The molecule has 1 aromatic carbocycles. The second-order valence-corrected chi connectivity index (χ2v) is 3.59. The Labute approximate surface area is 104 Å². The van der Waals surface area contributed by atoms with Crippen LogP contribution in [0.5, 0.6) is 0 Å². The van der Waals surface area contributed by atoms with E-state index in [9.17, 15) is 14.9 Å². The molecule has 0 heterocycles. The maximum Gasteiger partial charge on any atom is 0.325 e. The van der Waals surface area contributed by atoms with E-state index in [1.54, 1.807) is 11.0 Å². The predicted molar refractivity (Wildman–Crippen MR) is 67.4 cm³/mol. The second-order valence-electron chi connectivity index (χ2n) is 3.59. The quantitative estimate of drug-likeness (QED) is 0.366. The van der Waals surface area contributed by atoms with Crippen molar-refractivity contribution in [3.63, 3.8) is 0 Å². The van der Waals surface area contributed by atoms with Crippen molar-refractivity contribution in [3.8, 4) is 0 Å². The van der Waals surface area contributed by atoms with Crippen LogP contribution >= 0.6 is 0 Å². The van der Waals surface area contributed by atoms with E-state index in [2.05, 4.69) is 4.74 Å². The summed E-state index contributed by atoms with van der Waals surface area (Å²) >= 11 is 0. The maximum absolute atomic E-state index is 11.2. The zero-order valence-corrected chi connectivity index (χ0v) is 10.3. The number of carbonyl (C=O) groups is 1. The lowest BCUT2D eigenvalue weighted by molar-refractivity contribution is -0.383. The van der Waals surface area contributed by atoms with Crippen LogP contribution in [0.3, 0.4) is 0 Å². The Balaban J connectivity index is 2.97. The minimum absolute atomic E-state index is 0.0702. The predicted octanol–water partition coefficient (Wildman–Crippen LogP) is 1.18. The molecule has 0 spiro atoms. The van der Waals surface area contributed by atoms with Gasteiger partial charge in [0, 0.05) is 18.3 Å². The molecule has 0 bridgehead atoms. The fourth-order valence-corrected chi connectivity index (χ4v) is 1.51. The first-order chi connectivity index (χ1) is 8.49. The van der Waals surface area contributed by atoms with Crippen LogP contribution in [0.15, 0.2) is 18.2 Å². The Hall–Kier alpha value is -2.31. The number of methoxy groups -OCH3 is 1. The van der Waals surface area contributed by atoms with Crippen molar-refractivity contribution in [2.45, 2.75) is 6.92 Å². The zero-order valence-electron chi connectivity index (χ0n) is 10.3. The number of hydrogen-bond acceptors (Lipinski definition) is 6. The summed E-state index contributed by atoms with van der Waals surface area (Å²) in [4.78, 5) is 23.0. The Morgan fingerprint density at radius 2 is 2.22 bits per heavy atom. The van der Waals surface area contributed by atoms with Crippen LogP contribution < -0.4 is 10.6 Å². The number of nitrogens with two attached hydrogens (primary N) is 1. The van der Waals surface area contributed by atoms with Crippen LogP contribution in [0.4, 0.5) is 17.1 Å². The normalized spacial score (nSPS) is 9.89. The molecule has 0 aliphatic rings. The summed E-state index contributed by atoms with van der Waals surface area (Å²) in [6, 6.07) is 4.36. The molecule has 1 aromatic rings. The fourth-order valence-electron chi connectivity index (χ4n) is 1.51. The molecule has 2 N–H and O–H groups in total. The Morgan fingerprint density at radius 3 is 2.67 bits per heavy atom. The van der Waals surface area contributed by atoms with E-state index in [1.165, 1.54) is 19.2 Å². The Kier molecular flexibility index (Phi) is 4.47. The zero-order chi connectivity index (χ0) is 13.7. The first-order valence-electron chi connectivity index (χ1n) is 5.35. The van der Waals surface area contributed by atoms with Gasteiger partial charge < -0.3 is 15.4 Å². The molecule has 0 amide bonds. The number of hydrogen-bond donors (Lipinski definition) is 1. The number of nitrogens with zero attached hydrogens (tertiary/aromatic N) is 2. The first kappa shape index (κ1) is 13.8. The van der Waals surface area contributed by atoms with Gasteiger partial charge in [-0.15, -0.1) is 0 Å². The number of nitro groups is 1. The summed E-state index contributed by atoms with van der Waals surface area (Å²) in [6.45, 7) is 2.50. The second kappa shape index (κ2) is 5.85. The summed E-state index contributed by atoms with van der Waals surface area (Å²) in [6.07, 6.45) is 0. The summed E-state index contributed by atoms with van der Waals surface area (Å²) in [5, 5.41) is 10.6. The number of esters is 1. The molecular formula is C11H15N3O4. The van der Waals surface area contributed by atoms with Crippen molar-refractivity contribution in [3.05, 3.63) is 28.3 Å². The molecule has 1 rings (SSSR count). The van der Waals surface area contributed by atoms with E-state index in [0.29, 0.717) is 12.2 Å². The number of anilines is 2. The fraction of sp³-hybridized carbons (Fsp3) is 0.364. The average molecular weight is 253 g/mol. The highest BCUT2D eigenvalue weighted by Crippen LogP contribution is 2.26. The number of nitrogen functional groups attached to an aromatic ring is 1. The number of likely N-dealkylation sites (N-methyl/N-ethyl adjacent to an activating group) is 1. The van der Waals surface area contributed by atoms with Gasteiger partial charge in [-0.05, 0) is 19.1 Å². The number of carbonyl (C=O) groups excluding carboxylic acids is 1. The molecule has 0 fully saturated rings. The van der Waals surface area contributed by atoms with Crippen LogP contribution in [0.2, 0.25) is 0 Å². The van der Waals surface area contributed by atoms with Gasteiger partial charge in [0.05, 0.1) is 12.0 Å². The van der Waals surface area contributed by atoms with E-state index >= 15 is 0 Å². The molecular weight excluding hydrogens is 238 g/mol. The van der Waals surface area contributed by atoms with Gasteiger partial charge in [-0.1, -0.05) is 0 Å². The summed E-state index contributed by atoms with van der Waals surface area (Å²) in [7, 11) is 1.31. The Bertz CT molecular complexity index is 462. The highest BCUT2D eigenvalue weighted by molar-refractivity contribution is 5.77. The smallest absolute Gasteiger partial charge is 0.325 e. The Morgan fingerprint density at radius 1 is 1.56 bits per heavy atom. The molecule has 0 saturated heterocycles. The maximum atomic E-state index is 11.2. The van der Waals surface area contributed by atoms with Crippen molar-refractivity contribution in [2.24, 2.45) is 0 Å². The van der Waals surface area contributed by atoms with Crippen molar-refractivity contribution < 1.29 is 14.5 Å². The van der Waals surface area contributed by atoms with Gasteiger partial charge in [0.25, 0.3) is 5.69 Å². The lowest BCUT2D eigenvalue weighted by Crippen LogP contribution is -2.30. The first-order valence-corrected chi connectivity index (χ1v) is 5.35. The number of ether oxygens (including phenoxy) is 1. The van der Waals surface area contributed by atoms with Crippen molar-refractivity contribution in [1.82, 2.24) is 0 Å². The van der Waals surface area contributed by atoms with E-state index in [4.69, 9.17) is 5.73 Å². The lowest BCUT2D eigenvalue weighted by Gasteiger charge is -2.21. The topological polar surface area (TPSA) is 98.7 Å². The number of nitro benzene ring substituents is 1. The van der Waals surface area contributed by atoms with Gasteiger partial charge >= 0.3 is 5.97 Å². The van der Waals surface area contributed by atoms with Gasteiger partial charge in [-0.2, -0.15) is 0 Å². The largest absolute Gasteiger partial charge is 0.468 e. The third kappa shape index (κ3) is 3.09. The molecule has 0 unspecified atom stereocenters. The average Bonchev–Trinajstić information content (AvgIpc) is 2.34. The molecule has 7 nitrogen and oxygen atoms in total. The third-order valence-corrected chi connectivity index (χ3v) is 2.50. The SMILES string of the molecule is CCN(CC(=O)OC)c1ccc([N+](=O)[O-])c(N)c1. The lowest BCUT2D eigenvalue weighted by atomic mass is 10.2. The molecule has 0 atom stereocenters. The molecule has 0 aliphatic heterocycles. The van der Waals surface area contributed by atoms with Crippen molar-refractivity contribution >= 4 is 23.0 Å². The monoisotopic (exact) mass is 253 g/mol. The van der Waals surface area contributed by atoms with Crippen LogP contribution in [0.1, 0.15) is 6.92 Å². The van der Waals surface area contributed by atoms with Crippen molar-refractivity contribution in [1.29, 1.82) is 0 Å². The van der Waals surface area contributed by atoms with Gasteiger partial charge in [0.2, 0.25) is 0 Å². The highest BCUT2D eigenvalue weighted by Gasteiger charge is 2.15. The van der Waals surface area contributed by atoms with Crippen LogP contribution in [0, 0.1) is 10.1 Å². The summed E-state index contributed by atoms with van der Waals surface area (Å²) < 4.78 is 4.58. The van der Waals surface area contributed by atoms with Gasteiger partial charge in [-0.3, -0.25) is 14.9 Å². The molecule has 98 valence electrons.